The van der Waals surface area contributed by atoms with Crippen LogP contribution in [0.2, 0.25) is 0 Å². The van der Waals surface area contributed by atoms with E-state index < -0.39 is 11.9 Å². The number of rotatable bonds is 3. The van der Waals surface area contributed by atoms with Crippen molar-refractivity contribution in [3.05, 3.63) is 41.3 Å². The summed E-state index contributed by atoms with van der Waals surface area (Å²) in [4.78, 5) is 7.71. The maximum Gasteiger partial charge on any atom is 0.433 e. The minimum absolute atomic E-state index is 0.0287. The molecule has 0 bridgehead atoms. The van der Waals surface area contributed by atoms with E-state index in [4.69, 9.17) is 9.26 Å². The lowest BCUT2D eigenvalue weighted by molar-refractivity contribution is -0.141. The van der Waals surface area contributed by atoms with E-state index in [2.05, 4.69) is 15.1 Å². The van der Waals surface area contributed by atoms with Crippen LogP contribution in [-0.2, 0) is 17.3 Å². The first kappa shape index (κ1) is 15.0. The molecule has 0 aliphatic carbocycles. The second-order valence-corrected chi connectivity index (χ2v) is 5.25. The third-order valence-electron chi connectivity index (χ3n) is 3.65. The molecule has 0 amide bonds. The van der Waals surface area contributed by atoms with Crippen LogP contribution in [0.4, 0.5) is 13.2 Å². The van der Waals surface area contributed by atoms with Gasteiger partial charge >= 0.3 is 6.18 Å². The molecule has 118 valence electrons. The SMILES string of the molecule is CC1OCCC1c1nc(Cc2ccc(C(F)(F)F)nc2)no1. The van der Waals surface area contributed by atoms with E-state index in [1.165, 1.54) is 12.3 Å². The number of hydrogen-bond donors (Lipinski definition) is 0. The Hall–Kier alpha value is -1.96. The summed E-state index contributed by atoms with van der Waals surface area (Å²) in [6.07, 6.45) is -2.13. The molecule has 1 aliphatic heterocycles. The number of hydrogen-bond acceptors (Lipinski definition) is 5. The zero-order valence-corrected chi connectivity index (χ0v) is 11.8. The minimum atomic E-state index is -4.43. The van der Waals surface area contributed by atoms with Gasteiger partial charge < -0.3 is 9.26 Å². The Morgan fingerprint density at radius 2 is 2.14 bits per heavy atom. The lowest BCUT2D eigenvalue weighted by atomic mass is 10.0. The molecule has 1 fully saturated rings. The predicted octanol–water partition coefficient (Wildman–Crippen LogP) is 2.97. The van der Waals surface area contributed by atoms with Crippen molar-refractivity contribution in [3.63, 3.8) is 0 Å². The van der Waals surface area contributed by atoms with Gasteiger partial charge in [-0.25, -0.2) is 0 Å². The molecule has 0 spiro atoms. The van der Waals surface area contributed by atoms with Crippen molar-refractivity contribution in [2.45, 2.75) is 38.0 Å². The number of alkyl halides is 3. The standard InChI is InChI=1S/C14H14F3N3O2/c1-8-10(4-5-21-8)13-19-12(20-22-13)6-9-2-3-11(18-7-9)14(15,16)17/h2-3,7-8,10H,4-6H2,1H3. The zero-order chi connectivity index (χ0) is 15.7. The van der Waals surface area contributed by atoms with Gasteiger partial charge in [-0.05, 0) is 25.0 Å². The van der Waals surface area contributed by atoms with Gasteiger partial charge in [0.05, 0.1) is 12.0 Å². The maximum absolute atomic E-state index is 12.4. The molecule has 2 aromatic heterocycles. The van der Waals surface area contributed by atoms with Crippen LogP contribution in [0, 0.1) is 0 Å². The summed E-state index contributed by atoms with van der Waals surface area (Å²) in [6.45, 7) is 2.60. The Balaban J connectivity index is 1.70. The predicted molar refractivity (Wildman–Crippen MR) is 69.1 cm³/mol. The number of halogens is 3. The van der Waals surface area contributed by atoms with Gasteiger partial charge in [0.15, 0.2) is 5.82 Å². The third-order valence-corrected chi connectivity index (χ3v) is 3.65. The molecule has 3 heterocycles. The summed E-state index contributed by atoms with van der Waals surface area (Å²) in [7, 11) is 0. The molecule has 22 heavy (non-hydrogen) atoms. The maximum atomic E-state index is 12.4. The molecule has 0 radical (unpaired) electrons. The molecule has 0 saturated carbocycles. The van der Waals surface area contributed by atoms with Crippen LogP contribution in [0.5, 0.6) is 0 Å². The first-order valence-electron chi connectivity index (χ1n) is 6.89. The average molecular weight is 313 g/mol. The smallest absolute Gasteiger partial charge is 0.378 e. The monoisotopic (exact) mass is 313 g/mol. The highest BCUT2D eigenvalue weighted by Crippen LogP contribution is 2.30. The summed E-state index contributed by atoms with van der Waals surface area (Å²) >= 11 is 0. The average Bonchev–Trinajstić information content (AvgIpc) is 3.07. The van der Waals surface area contributed by atoms with Gasteiger partial charge in [-0.15, -0.1) is 0 Å². The number of nitrogens with zero attached hydrogens (tertiary/aromatic N) is 3. The molecule has 2 atom stereocenters. The van der Waals surface area contributed by atoms with Crippen LogP contribution < -0.4 is 0 Å². The van der Waals surface area contributed by atoms with Crippen LogP contribution in [0.15, 0.2) is 22.9 Å². The third kappa shape index (κ3) is 3.11. The van der Waals surface area contributed by atoms with E-state index >= 15 is 0 Å². The van der Waals surface area contributed by atoms with Gasteiger partial charge in [0.2, 0.25) is 5.89 Å². The molecular weight excluding hydrogens is 299 g/mol. The molecule has 3 rings (SSSR count). The lowest BCUT2D eigenvalue weighted by Crippen LogP contribution is -2.09. The fraction of sp³-hybridized carbons (Fsp3) is 0.500. The quantitative estimate of drug-likeness (QED) is 0.872. The van der Waals surface area contributed by atoms with Crippen LogP contribution in [-0.4, -0.2) is 27.8 Å². The van der Waals surface area contributed by atoms with Crippen molar-refractivity contribution in [2.24, 2.45) is 0 Å². The number of pyridine rings is 1. The van der Waals surface area contributed by atoms with Crippen LogP contribution in [0.3, 0.4) is 0 Å². The highest BCUT2D eigenvalue weighted by atomic mass is 19.4. The molecule has 8 heteroatoms. The van der Waals surface area contributed by atoms with E-state index in [1.807, 2.05) is 6.92 Å². The molecule has 0 N–H and O–H groups in total. The first-order chi connectivity index (χ1) is 10.4. The topological polar surface area (TPSA) is 61.0 Å². The van der Waals surface area contributed by atoms with Gasteiger partial charge in [0.1, 0.15) is 5.69 Å². The van der Waals surface area contributed by atoms with Crippen molar-refractivity contribution >= 4 is 0 Å². The first-order valence-corrected chi connectivity index (χ1v) is 6.89. The highest BCUT2D eigenvalue weighted by Gasteiger charge is 2.32. The molecule has 5 nitrogen and oxygen atoms in total. The van der Waals surface area contributed by atoms with E-state index in [-0.39, 0.29) is 18.4 Å². The van der Waals surface area contributed by atoms with Crippen molar-refractivity contribution in [3.8, 4) is 0 Å². The zero-order valence-electron chi connectivity index (χ0n) is 11.8. The number of ether oxygens (including phenoxy) is 1. The molecule has 1 aliphatic rings. The van der Waals surface area contributed by atoms with Crippen molar-refractivity contribution < 1.29 is 22.4 Å². The fourth-order valence-corrected chi connectivity index (χ4v) is 2.43. The summed E-state index contributed by atoms with van der Waals surface area (Å²) in [5.41, 5.74) is -0.321. The summed E-state index contributed by atoms with van der Waals surface area (Å²) < 4.78 is 48.0. The molecule has 0 aromatic carbocycles. The van der Waals surface area contributed by atoms with E-state index in [1.54, 1.807) is 0 Å². The highest BCUT2D eigenvalue weighted by molar-refractivity contribution is 5.19. The Morgan fingerprint density at radius 1 is 1.32 bits per heavy atom. The Labute approximate surface area is 124 Å². The largest absolute Gasteiger partial charge is 0.433 e. The van der Waals surface area contributed by atoms with Gasteiger partial charge in [0.25, 0.3) is 0 Å². The lowest BCUT2D eigenvalue weighted by Gasteiger charge is -2.07. The minimum Gasteiger partial charge on any atom is -0.378 e. The van der Waals surface area contributed by atoms with Crippen molar-refractivity contribution in [1.82, 2.24) is 15.1 Å². The van der Waals surface area contributed by atoms with Gasteiger partial charge in [0, 0.05) is 19.2 Å². The Bertz CT molecular complexity index is 640. The molecule has 2 unspecified atom stereocenters. The van der Waals surface area contributed by atoms with Gasteiger partial charge in [-0.3, -0.25) is 4.98 Å². The Kier molecular flexibility index (Phi) is 3.86. The normalized spacial score (nSPS) is 22.2. The van der Waals surface area contributed by atoms with Crippen molar-refractivity contribution in [2.75, 3.05) is 6.61 Å². The van der Waals surface area contributed by atoms with Crippen LogP contribution >= 0.6 is 0 Å². The van der Waals surface area contributed by atoms with E-state index in [0.717, 1.165) is 12.5 Å². The fourth-order valence-electron chi connectivity index (χ4n) is 2.43. The summed E-state index contributed by atoms with van der Waals surface area (Å²) in [5.74, 6) is 1.02. The van der Waals surface area contributed by atoms with Crippen LogP contribution in [0.1, 0.15) is 42.2 Å². The van der Waals surface area contributed by atoms with E-state index in [0.29, 0.717) is 23.9 Å². The van der Waals surface area contributed by atoms with Crippen molar-refractivity contribution in [1.29, 1.82) is 0 Å². The van der Waals surface area contributed by atoms with E-state index in [9.17, 15) is 13.2 Å². The summed E-state index contributed by atoms with van der Waals surface area (Å²) in [6, 6.07) is 2.32. The second kappa shape index (κ2) is 5.68. The molecule has 1 saturated heterocycles. The molecule has 2 aromatic rings. The number of aromatic nitrogens is 3. The van der Waals surface area contributed by atoms with Crippen LogP contribution in [0.25, 0.3) is 0 Å². The second-order valence-electron chi connectivity index (χ2n) is 5.25. The van der Waals surface area contributed by atoms with Gasteiger partial charge in [-0.2, -0.15) is 18.2 Å². The van der Waals surface area contributed by atoms with Gasteiger partial charge in [-0.1, -0.05) is 11.2 Å². The Morgan fingerprint density at radius 3 is 2.73 bits per heavy atom. The summed E-state index contributed by atoms with van der Waals surface area (Å²) in [5, 5.41) is 3.87. The molecular formula is C14H14F3N3O2.